The van der Waals surface area contributed by atoms with Gasteiger partial charge in [-0.25, -0.2) is 0 Å². The van der Waals surface area contributed by atoms with Crippen LogP contribution >= 0.6 is 0 Å². The lowest BCUT2D eigenvalue weighted by Crippen LogP contribution is -2.40. The van der Waals surface area contributed by atoms with Crippen LogP contribution in [0.3, 0.4) is 0 Å². The Hall–Kier alpha value is -4.13. The van der Waals surface area contributed by atoms with Crippen molar-refractivity contribution in [2.75, 3.05) is 13.7 Å². The molecular weight excluding hydrogens is 406 g/mol. The van der Waals surface area contributed by atoms with Gasteiger partial charge in [0.15, 0.2) is 0 Å². The van der Waals surface area contributed by atoms with Gasteiger partial charge in [0.25, 0.3) is 11.6 Å². The zero-order chi connectivity index (χ0) is 22.2. The van der Waals surface area contributed by atoms with Crippen LogP contribution in [0.15, 0.2) is 72.8 Å². The second-order valence-electron chi connectivity index (χ2n) is 7.79. The van der Waals surface area contributed by atoms with Crippen molar-refractivity contribution in [3.05, 3.63) is 105 Å². The van der Waals surface area contributed by atoms with Crippen molar-refractivity contribution >= 4 is 22.5 Å². The molecule has 0 bridgehead atoms. The minimum atomic E-state index is -0.418. The maximum atomic E-state index is 13.5. The number of methoxy groups -OCH3 is 1. The lowest BCUT2D eigenvalue weighted by atomic mass is 9.91. The summed E-state index contributed by atoms with van der Waals surface area (Å²) in [5, 5.41) is 12.2. The van der Waals surface area contributed by atoms with E-state index in [4.69, 9.17) is 4.74 Å². The number of aromatic nitrogens is 1. The molecule has 5 rings (SSSR count). The number of nitro groups is 1. The Balaban J connectivity index is 1.66. The van der Waals surface area contributed by atoms with Gasteiger partial charge in [0.1, 0.15) is 5.75 Å². The number of carbonyl (C=O) groups is 1. The number of benzene rings is 3. The molecule has 1 aromatic heterocycles. The van der Waals surface area contributed by atoms with Gasteiger partial charge in [-0.05, 0) is 60.0 Å². The number of hydrogen-bond donors (Lipinski definition) is 1. The van der Waals surface area contributed by atoms with E-state index in [0.29, 0.717) is 18.5 Å². The molecule has 0 fully saturated rings. The summed E-state index contributed by atoms with van der Waals surface area (Å²) in [6.07, 6.45) is 0.699. The van der Waals surface area contributed by atoms with Gasteiger partial charge in [-0.2, -0.15) is 0 Å². The van der Waals surface area contributed by atoms with Crippen LogP contribution in [0.4, 0.5) is 5.69 Å². The Morgan fingerprint density at radius 2 is 1.84 bits per heavy atom. The molecule has 1 N–H and O–H groups in total. The zero-order valence-electron chi connectivity index (χ0n) is 17.4. The van der Waals surface area contributed by atoms with E-state index >= 15 is 0 Å². The number of nitro benzene ring substituents is 1. The fourth-order valence-electron chi connectivity index (χ4n) is 4.48. The van der Waals surface area contributed by atoms with Crippen molar-refractivity contribution < 1.29 is 14.5 Å². The Bertz CT molecular complexity index is 1310. The number of rotatable bonds is 4. The van der Waals surface area contributed by atoms with E-state index in [1.165, 1.54) is 12.1 Å². The molecule has 4 aromatic rings. The highest BCUT2D eigenvalue weighted by molar-refractivity contribution is 5.95. The molecule has 2 heterocycles. The number of aromatic amines is 1. The van der Waals surface area contributed by atoms with Crippen LogP contribution in [-0.4, -0.2) is 34.4 Å². The summed E-state index contributed by atoms with van der Waals surface area (Å²) in [5.74, 6) is 0.699. The fraction of sp³-hybridized carbons (Fsp3) is 0.160. The lowest BCUT2D eigenvalue weighted by molar-refractivity contribution is -0.384. The first-order valence-corrected chi connectivity index (χ1v) is 10.4. The predicted octanol–water partition coefficient (Wildman–Crippen LogP) is 4.87. The molecular formula is C25H21N3O4. The van der Waals surface area contributed by atoms with Crippen molar-refractivity contribution in [1.29, 1.82) is 0 Å². The summed E-state index contributed by atoms with van der Waals surface area (Å²) >= 11 is 0. The zero-order valence-corrected chi connectivity index (χ0v) is 17.4. The minimum Gasteiger partial charge on any atom is -0.497 e. The van der Waals surface area contributed by atoms with Crippen LogP contribution in [0, 0.1) is 10.1 Å². The summed E-state index contributed by atoms with van der Waals surface area (Å²) in [6, 6.07) is 21.1. The normalized spacial score (nSPS) is 15.4. The quantitative estimate of drug-likeness (QED) is 0.372. The monoisotopic (exact) mass is 427 g/mol. The van der Waals surface area contributed by atoms with E-state index in [9.17, 15) is 14.9 Å². The molecule has 0 aliphatic carbocycles. The highest BCUT2D eigenvalue weighted by Crippen LogP contribution is 2.40. The van der Waals surface area contributed by atoms with E-state index in [1.54, 1.807) is 31.4 Å². The molecule has 160 valence electrons. The van der Waals surface area contributed by atoms with Gasteiger partial charge in [0.2, 0.25) is 0 Å². The average molecular weight is 427 g/mol. The third-order valence-electron chi connectivity index (χ3n) is 6.04. The van der Waals surface area contributed by atoms with E-state index < -0.39 is 4.92 Å². The van der Waals surface area contributed by atoms with Crippen molar-refractivity contribution in [1.82, 2.24) is 9.88 Å². The average Bonchev–Trinajstić information content (AvgIpc) is 3.21. The molecule has 3 aromatic carbocycles. The van der Waals surface area contributed by atoms with Crippen LogP contribution < -0.4 is 4.74 Å². The summed E-state index contributed by atoms with van der Waals surface area (Å²) in [4.78, 5) is 29.5. The molecule has 1 aliphatic rings. The van der Waals surface area contributed by atoms with E-state index in [1.807, 2.05) is 41.3 Å². The first kappa shape index (κ1) is 19.8. The highest BCUT2D eigenvalue weighted by Gasteiger charge is 2.35. The number of H-pyrrole nitrogens is 1. The molecule has 1 amide bonds. The van der Waals surface area contributed by atoms with Gasteiger partial charge in [0, 0.05) is 40.8 Å². The number of nitrogens with zero attached hydrogens (tertiary/aromatic N) is 2. The van der Waals surface area contributed by atoms with Crippen LogP contribution in [0.25, 0.3) is 10.9 Å². The molecule has 7 heteroatoms. The third kappa shape index (κ3) is 3.28. The summed E-state index contributed by atoms with van der Waals surface area (Å²) in [6.45, 7) is 0.534. The van der Waals surface area contributed by atoms with Crippen molar-refractivity contribution in [2.45, 2.75) is 12.5 Å². The lowest BCUT2D eigenvalue weighted by Gasteiger charge is -2.36. The maximum absolute atomic E-state index is 13.5. The van der Waals surface area contributed by atoms with Crippen molar-refractivity contribution in [2.24, 2.45) is 0 Å². The smallest absolute Gasteiger partial charge is 0.269 e. The Morgan fingerprint density at radius 3 is 2.53 bits per heavy atom. The van der Waals surface area contributed by atoms with Crippen LogP contribution in [0.1, 0.15) is 33.2 Å². The third-order valence-corrected chi connectivity index (χ3v) is 6.04. The van der Waals surface area contributed by atoms with Crippen LogP contribution in [0.5, 0.6) is 5.75 Å². The minimum absolute atomic E-state index is 0.0205. The largest absolute Gasteiger partial charge is 0.497 e. The molecule has 0 spiro atoms. The van der Waals surface area contributed by atoms with Gasteiger partial charge in [-0.1, -0.05) is 18.2 Å². The number of non-ortho nitro benzene ring substituents is 1. The number of hydrogen-bond acceptors (Lipinski definition) is 4. The molecule has 1 atom stereocenters. The SMILES string of the molecule is COc1ccc2[nH]c3c(c2c1)CCN(C(=O)c1ccccc1)[C@@H]3c1ccc([N+](=O)[O-])cc1. The Labute approximate surface area is 184 Å². The Morgan fingerprint density at radius 1 is 1.09 bits per heavy atom. The molecule has 0 radical (unpaired) electrons. The first-order chi connectivity index (χ1) is 15.6. The van der Waals surface area contributed by atoms with Crippen molar-refractivity contribution in [3.63, 3.8) is 0 Å². The number of nitrogens with one attached hydrogen (secondary N) is 1. The summed E-state index contributed by atoms with van der Waals surface area (Å²) in [7, 11) is 1.64. The van der Waals surface area contributed by atoms with Gasteiger partial charge >= 0.3 is 0 Å². The van der Waals surface area contributed by atoms with E-state index in [2.05, 4.69) is 4.98 Å². The van der Waals surface area contributed by atoms with Crippen LogP contribution in [-0.2, 0) is 6.42 Å². The molecule has 32 heavy (non-hydrogen) atoms. The van der Waals surface area contributed by atoms with Crippen LogP contribution in [0.2, 0.25) is 0 Å². The summed E-state index contributed by atoms with van der Waals surface area (Å²) < 4.78 is 5.40. The number of ether oxygens (including phenoxy) is 1. The molecule has 0 unspecified atom stereocenters. The van der Waals surface area contributed by atoms with Gasteiger partial charge in [-0.15, -0.1) is 0 Å². The molecule has 0 saturated carbocycles. The van der Waals surface area contributed by atoms with Gasteiger partial charge < -0.3 is 14.6 Å². The van der Waals surface area contributed by atoms with E-state index in [0.717, 1.165) is 33.5 Å². The second kappa shape index (κ2) is 7.85. The summed E-state index contributed by atoms with van der Waals surface area (Å²) in [5.41, 5.74) is 4.49. The number of carbonyl (C=O) groups excluding carboxylic acids is 1. The standard InChI is InChI=1S/C25H21N3O4/c1-32-19-11-12-22-21(15-19)20-13-14-27(25(29)17-5-3-2-4-6-17)24(23(20)26-22)16-7-9-18(10-8-16)28(30)31/h2-12,15,24,26H,13-14H2,1H3/t24-/m1/s1. The fourth-order valence-corrected chi connectivity index (χ4v) is 4.48. The first-order valence-electron chi connectivity index (χ1n) is 10.4. The Kier molecular flexibility index (Phi) is 4.86. The molecule has 0 saturated heterocycles. The molecule has 7 nitrogen and oxygen atoms in total. The van der Waals surface area contributed by atoms with Gasteiger partial charge in [-0.3, -0.25) is 14.9 Å². The maximum Gasteiger partial charge on any atom is 0.269 e. The van der Waals surface area contributed by atoms with Gasteiger partial charge in [0.05, 0.1) is 18.1 Å². The predicted molar refractivity (Wildman–Crippen MR) is 121 cm³/mol. The van der Waals surface area contributed by atoms with Crippen molar-refractivity contribution in [3.8, 4) is 5.75 Å². The number of amides is 1. The highest BCUT2D eigenvalue weighted by atomic mass is 16.6. The molecule has 1 aliphatic heterocycles. The van der Waals surface area contributed by atoms with E-state index in [-0.39, 0.29) is 17.6 Å². The topological polar surface area (TPSA) is 88.5 Å². The number of fused-ring (bicyclic) bond motifs is 3. The second-order valence-corrected chi connectivity index (χ2v) is 7.79.